The maximum absolute atomic E-state index is 12.7. The van der Waals surface area contributed by atoms with Gasteiger partial charge in [-0.15, -0.1) is 0 Å². The van der Waals surface area contributed by atoms with Crippen LogP contribution in [0.2, 0.25) is 0 Å². The van der Waals surface area contributed by atoms with Gasteiger partial charge in [0, 0.05) is 6.54 Å². The van der Waals surface area contributed by atoms with Gasteiger partial charge in [-0.1, -0.05) is 12.1 Å². The van der Waals surface area contributed by atoms with Crippen molar-refractivity contribution in [3.05, 3.63) is 30.1 Å². The summed E-state index contributed by atoms with van der Waals surface area (Å²) in [5.74, 6) is -0.122. The number of rotatable bonds is 3. The van der Waals surface area contributed by atoms with E-state index in [2.05, 4.69) is 5.48 Å². The number of para-hydroxylation sites is 1. The molecular formula is C8H10FNO. The van der Waals surface area contributed by atoms with Crippen LogP contribution < -0.4 is 10.3 Å². The Balaban J connectivity index is 2.62. The molecule has 0 unspecified atom stereocenters. The zero-order valence-corrected chi connectivity index (χ0v) is 6.30. The molecule has 1 rings (SSSR count). The first-order chi connectivity index (χ1) is 5.34. The Bertz CT molecular complexity index is 227. The second-order valence-corrected chi connectivity index (χ2v) is 2.03. The van der Waals surface area contributed by atoms with Crippen molar-refractivity contribution in [2.24, 2.45) is 0 Å². The summed E-state index contributed by atoms with van der Waals surface area (Å²) in [7, 11) is 0. The lowest BCUT2D eigenvalue weighted by Crippen LogP contribution is -2.17. The average Bonchev–Trinajstić information content (AvgIpc) is 2.03. The molecule has 0 atom stereocenters. The number of halogens is 1. The fourth-order valence-electron chi connectivity index (χ4n) is 0.677. The standard InChI is InChI=1S/C8H10FNO/c1-2-10-11-8-6-4-3-5-7(8)9/h3-6,10H,2H2,1H3. The SMILES string of the molecule is CCNOc1ccccc1F. The Labute approximate surface area is 64.9 Å². The highest BCUT2D eigenvalue weighted by Crippen LogP contribution is 2.13. The van der Waals surface area contributed by atoms with Crippen LogP contribution in [0.1, 0.15) is 6.92 Å². The molecule has 0 spiro atoms. The molecule has 1 N–H and O–H groups in total. The molecule has 0 aromatic heterocycles. The summed E-state index contributed by atoms with van der Waals surface area (Å²) in [6.45, 7) is 2.52. The molecule has 0 saturated heterocycles. The third-order valence-corrected chi connectivity index (χ3v) is 1.16. The van der Waals surface area contributed by atoms with E-state index in [1.54, 1.807) is 18.2 Å². The number of hydrogen-bond donors (Lipinski definition) is 1. The first-order valence-electron chi connectivity index (χ1n) is 3.49. The van der Waals surface area contributed by atoms with E-state index in [1.165, 1.54) is 6.07 Å². The normalized spacial score (nSPS) is 9.64. The second kappa shape index (κ2) is 3.93. The maximum Gasteiger partial charge on any atom is 0.182 e. The first-order valence-corrected chi connectivity index (χ1v) is 3.49. The molecule has 3 heteroatoms. The minimum absolute atomic E-state index is 0.231. The van der Waals surface area contributed by atoms with Crippen LogP contribution in [-0.2, 0) is 0 Å². The first kappa shape index (κ1) is 8.01. The van der Waals surface area contributed by atoms with Gasteiger partial charge in [0.05, 0.1) is 0 Å². The van der Waals surface area contributed by atoms with Crippen molar-refractivity contribution in [3.8, 4) is 5.75 Å². The molecule has 0 bridgehead atoms. The number of benzene rings is 1. The van der Waals surface area contributed by atoms with Crippen LogP contribution in [0.4, 0.5) is 4.39 Å². The molecule has 60 valence electrons. The van der Waals surface area contributed by atoms with Crippen molar-refractivity contribution < 1.29 is 9.23 Å². The van der Waals surface area contributed by atoms with Gasteiger partial charge in [-0.25, -0.2) is 4.39 Å². The van der Waals surface area contributed by atoms with E-state index in [-0.39, 0.29) is 11.6 Å². The monoisotopic (exact) mass is 155 g/mol. The van der Waals surface area contributed by atoms with Crippen molar-refractivity contribution in [1.29, 1.82) is 0 Å². The fraction of sp³-hybridized carbons (Fsp3) is 0.250. The van der Waals surface area contributed by atoms with Crippen molar-refractivity contribution in [2.45, 2.75) is 6.92 Å². The lowest BCUT2D eigenvalue weighted by molar-refractivity contribution is 0.193. The topological polar surface area (TPSA) is 21.3 Å². The summed E-state index contributed by atoms with van der Waals surface area (Å²) in [5, 5.41) is 0. The molecule has 0 heterocycles. The zero-order chi connectivity index (χ0) is 8.10. The third kappa shape index (κ3) is 2.20. The van der Waals surface area contributed by atoms with E-state index in [4.69, 9.17) is 4.84 Å². The predicted molar refractivity (Wildman–Crippen MR) is 40.7 cm³/mol. The van der Waals surface area contributed by atoms with Crippen LogP contribution in [0.3, 0.4) is 0 Å². The lowest BCUT2D eigenvalue weighted by atomic mass is 10.3. The van der Waals surface area contributed by atoms with E-state index in [0.29, 0.717) is 6.54 Å². The van der Waals surface area contributed by atoms with Gasteiger partial charge < -0.3 is 4.84 Å². The molecule has 0 amide bonds. The van der Waals surface area contributed by atoms with Crippen LogP contribution in [0.5, 0.6) is 5.75 Å². The van der Waals surface area contributed by atoms with Gasteiger partial charge in [-0.2, -0.15) is 5.48 Å². The van der Waals surface area contributed by atoms with E-state index in [1.807, 2.05) is 6.92 Å². The molecule has 0 radical (unpaired) electrons. The summed E-state index contributed by atoms with van der Waals surface area (Å²) >= 11 is 0. The molecule has 0 aliphatic carbocycles. The van der Waals surface area contributed by atoms with Crippen LogP contribution >= 0.6 is 0 Å². The Morgan fingerprint density at radius 3 is 2.82 bits per heavy atom. The Hall–Kier alpha value is -1.09. The molecule has 0 aliphatic heterocycles. The average molecular weight is 155 g/mol. The van der Waals surface area contributed by atoms with E-state index in [0.717, 1.165) is 0 Å². The number of nitrogens with one attached hydrogen (secondary N) is 1. The van der Waals surface area contributed by atoms with Crippen molar-refractivity contribution in [2.75, 3.05) is 6.54 Å². The van der Waals surface area contributed by atoms with Gasteiger partial charge in [-0.3, -0.25) is 0 Å². The van der Waals surface area contributed by atoms with Gasteiger partial charge >= 0.3 is 0 Å². The largest absolute Gasteiger partial charge is 0.406 e. The van der Waals surface area contributed by atoms with Gasteiger partial charge in [0.2, 0.25) is 0 Å². The fourth-order valence-corrected chi connectivity index (χ4v) is 0.677. The van der Waals surface area contributed by atoms with Crippen LogP contribution in [0.25, 0.3) is 0 Å². The quantitative estimate of drug-likeness (QED) is 0.671. The summed E-state index contributed by atoms with van der Waals surface area (Å²) in [5.41, 5.74) is 2.57. The molecular weight excluding hydrogens is 145 g/mol. The molecule has 0 saturated carbocycles. The summed E-state index contributed by atoms with van der Waals surface area (Å²) in [6, 6.07) is 6.26. The molecule has 1 aromatic rings. The van der Waals surface area contributed by atoms with E-state index < -0.39 is 0 Å². The molecule has 2 nitrogen and oxygen atoms in total. The predicted octanol–water partition coefficient (Wildman–Crippen LogP) is 1.73. The Morgan fingerprint density at radius 2 is 2.18 bits per heavy atom. The van der Waals surface area contributed by atoms with Gasteiger partial charge in [0.15, 0.2) is 11.6 Å². The van der Waals surface area contributed by atoms with Crippen molar-refractivity contribution >= 4 is 0 Å². The minimum atomic E-state index is -0.353. The van der Waals surface area contributed by atoms with E-state index in [9.17, 15) is 4.39 Å². The van der Waals surface area contributed by atoms with Gasteiger partial charge in [0.25, 0.3) is 0 Å². The number of hydroxylamine groups is 1. The van der Waals surface area contributed by atoms with Crippen LogP contribution in [-0.4, -0.2) is 6.54 Å². The Morgan fingerprint density at radius 1 is 1.45 bits per heavy atom. The molecule has 1 aromatic carbocycles. The second-order valence-electron chi connectivity index (χ2n) is 2.03. The maximum atomic E-state index is 12.7. The zero-order valence-electron chi connectivity index (χ0n) is 6.30. The Kier molecular flexibility index (Phi) is 2.86. The van der Waals surface area contributed by atoms with Gasteiger partial charge in [0.1, 0.15) is 0 Å². The highest BCUT2D eigenvalue weighted by atomic mass is 19.1. The smallest absolute Gasteiger partial charge is 0.182 e. The van der Waals surface area contributed by atoms with Crippen LogP contribution in [0.15, 0.2) is 24.3 Å². The summed E-state index contributed by atoms with van der Waals surface area (Å²) < 4.78 is 12.7. The minimum Gasteiger partial charge on any atom is -0.406 e. The van der Waals surface area contributed by atoms with E-state index >= 15 is 0 Å². The molecule has 0 aliphatic rings. The number of hydrogen-bond acceptors (Lipinski definition) is 2. The molecule has 0 fully saturated rings. The highest BCUT2D eigenvalue weighted by molar-refractivity contribution is 5.23. The highest BCUT2D eigenvalue weighted by Gasteiger charge is 1.98. The van der Waals surface area contributed by atoms with Gasteiger partial charge in [-0.05, 0) is 19.1 Å². The van der Waals surface area contributed by atoms with Crippen LogP contribution in [0, 0.1) is 5.82 Å². The third-order valence-electron chi connectivity index (χ3n) is 1.16. The summed E-state index contributed by atoms with van der Waals surface area (Å²) in [4.78, 5) is 4.86. The lowest BCUT2D eigenvalue weighted by Gasteiger charge is -2.04. The van der Waals surface area contributed by atoms with Crippen molar-refractivity contribution in [1.82, 2.24) is 5.48 Å². The summed E-state index contributed by atoms with van der Waals surface area (Å²) in [6.07, 6.45) is 0. The van der Waals surface area contributed by atoms with Crippen molar-refractivity contribution in [3.63, 3.8) is 0 Å². The molecule has 11 heavy (non-hydrogen) atoms.